The molecule has 0 saturated heterocycles. The first-order chi connectivity index (χ1) is 12.0. The second kappa shape index (κ2) is 8.08. The van der Waals surface area contributed by atoms with Gasteiger partial charge in [-0.3, -0.25) is 0 Å². The van der Waals surface area contributed by atoms with E-state index in [1.54, 1.807) is 25.3 Å². The van der Waals surface area contributed by atoms with Crippen LogP contribution in [0.5, 0.6) is 5.75 Å². The van der Waals surface area contributed by atoms with E-state index in [0.29, 0.717) is 17.2 Å². The van der Waals surface area contributed by atoms with Crippen molar-refractivity contribution in [2.24, 2.45) is 0 Å². The Hall–Kier alpha value is -2.46. The summed E-state index contributed by atoms with van der Waals surface area (Å²) in [5.74, 6) is 0.289. The third kappa shape index (κ3) is 3.64. The van der Waals surface area contributed by atoms with Gasteiger partial charge in [0.2, 0.25) is 0 Å². The highest BCUT2D eigenvalue weighted by Crippen LogP contribution is 2.38. The normalized spacial score (nSPS) is 12.8. The average molecular weight is 360 g/mol. The lowest BCUT2D eigenvalue weighted by Gasteiger charge is -2.40. The Bertz CT molecular complexity index is 745. The molecule has 0 heterocycles. The maximum absolute atomic E-state index is 12.9. The van der Waals surface area contributed by atoms with Crippen molar-refractivity contribution in [1.29, 1.82) is 0 Å². The minimum atomic E-state index is -1.07. The van der Waals surface area contributed by atoms with Crippen LogP contribution in [0.1, 0.15) is 12.0 Å². The second-order valence-corrected chi connectivity index (χ2v) is 6.05. The molecule has 0 spiro atoms. The standard InChI is InChI=1S/C20H22ClNO3/c1-5-13-20(19(23)25-4,15-7-6-8-18(14-15)24-3)22(2)17-11-9-16(21)10-12-17/h5-12,14H,1,13H2,2-4H3. The van der Waals surface area contributed by atoms with Crippen LogP contribution in [-0.2, 0) is 15.1 Å². The van der Waals surface area contributed by atoms with Gasteiger partial charge < -0.3 is 14.4 Å². The van der Waals surface area contributed by atoms with E-state index in [0.717, 1.165) is 11.3 Å². The Labute approximate surface area is 153 Å². The van der Waals surface area contributed by atoms with E-state index in [2.05, 4.69) is 6.58 Å². The van der Waals surface area contributed by atoms with Gasteiger partial charge in [-0.1, -0.05) is 29.8 Å². The number of carbonyl (C=O) groups excluding carboxylic acids is 1. The zero-order chi connectivity index (χ0) is 18.4. The van der Waals surface area contributed by atoms with Gasteiger partial charge >= 0.3 is 5.97 Å². The predicted molar refractivity (Wildman–Crippen MR) is 101 cm³/mol. The highest BCUT2D eigenvalue weighted by Gasteiger charge is 2.45. The van der Waals surface area contributed by atoms with Gasteiger partial charge in [0.1, 0.15) is 5.75 Å². The molecule has 4 nitrogen and oxygen atoms in total. The largest absolute Gasteiger partial charge is 0.497 e. The molecule has 0 bridgehead atoms. The minimum Gasteiger partial charge on any atom is -0.497 e. The van der Waals surface area contributed by atoms with Crippen LogP contribution in [0, 0.1) is 0 Å². The van der Waals surface area contributed by atoms with Crippen LogP contribution in [0.4, 0.5) is 5.69 Å². The number of methoxy groups -OCH3 is 2. The van der Waals surface area contributed by atoms with Gasteiger partial charge in [-0.05, 0) is 42.0 Å². The van der Waals surface area contributed by atoms with Crippen LogP contribution in [0.2, 0.25) is 5.02 Å². The highest BCUT2D eigenvalue weighted by atomic mass is 35.5. The molecule has 0 aliphatic carbocycles. The highest BCUT2D eigenvalue weighted by molar-refractivity contribution is 6.30. The first-order valence-corrected chi connectivity index (χ1v) is 8.20. The summed E-state index contributed by atoms with van der Waals surface area (Å²) in [4.78, 5) is 14.8. The Balaban J connectivity index is 2.66. The summed E-state index contributed by atoms with van der Waals surface area (Å²) in [7, 11) is 4.83. The summed E-state index contributed by atoms with van der Waals surface area (Å²) in [5.41, 5.74) is 0.523. The fourth-order valence-electron chi connectivity index (χ4n) is 2.93. The summed E-state index contributed by atoms with van der Waals surface area (Å²) >= 11 is 6.00. The van der Waals surface area contributed by atoms with Crippen LogP contribution in [-0.4, -0.2) is 27.2 Å². The zero-order valence-corrected chi connectivity index (χ0v) is 15.4. The van der Waals surface area contributed by atoms with Gasteiger partial charge in [-0.15, -0.1) is 6.58 Å². The third-order valence-corrected chi connectivity index (χ3v) is 4.55. The summed E-state index contributed by atoms with van der Waals surface area (Å²) < 4.78 is 10.5. The molecule has 2 rings (SSSR count). The van der Waals surface area contributed by atoms with Gasteiger partial charge in [-0.25, -0.2) is 4.79 Å². The van der Waals surface area contributed by atoms with Crippen molar-refractivity contribution in [2.75, 3.05) is 26.2 Å². The van der Waals surface area contributed by atoms with Crippen molar-refractivity contribution < 1.29 is 14.3 Å². The molecule has 0 aliphatic heterocycles. The number of likely N-dealkylation sites (N-methyl/N-ethyl adjacent to an activating group) is 1. The number of hydrogen-bond acceptors (Lipinski definition) is 4. The van der Waals surface area contributed by atoms with Gasteiger partial charge in [0.25, 0.3) is 0 Å². The average Bonchev–Trinajstić information content (AvgIpc) is 2.65. The number of anilines is 1. The molecule has 0 amide bonds. The van der Waals surface area contributed by atoms with Crippen molar-refractivity contribution >= 4 is 23.3 Å². The Morgan fingerprint density at radius 1 is 1.24 bits per heavy atom. The van der Waals surface area contributed by atoms with E-state index >= 15 is 0 Å². The maximum Gasteiger partial charge on any atom is 0.336 e. The SMILES string of the molecule is C=CCC(C(=O)OC)(c1cccc(OC)c1)N(C)c1ccc(Cl)cc1. The van der Waals surface area contributed by atoms with Crippen LogP contribution in [0.25, 0.3) is 0 Å². The molecule has 2 aromatic carbocycles. The molecule has 0 saturated carbocycles. The quantitative estimate of drug-likeness (QED) is 0.541. The van der Waals surface area contributed by atoms with Crippen LogP contribution in [0.3, 0.4) is 0 Å². The predicted octanol–water partition coefficient (Wildman–Crippen LogP) is 4.43. The maximum atomic E-state index is 12.9. The van der Waals surface area contributed by atoms with E-state index in [1.807, 2.05) is 48.3 Å². The van der Waals surface area contributed by atoms with Gasteiger partial charge in [0.15, 0.2) is 5.54 Å². The van der Waals surface area contributed by atoms with Crippen LogP contribution in [0.15, 0.2) is 61.2 Å². The number of hydrogen-bond donors (Lipinski definition) is 0. The zero-order valence-electron chi connectivity index (χ0n) is 14.7. The van der Waals surface area contributed by atoms with Gasteiger partial charge in [0, 0.05) is 24.2 Å². The van der Waals surface area contributed by atoms with Gasteiger partial charge in [0.05, 0.1) is 14.2 Å². The number of esters is 1. The third-order valence-electron chi connectivity index (χ3n) is 4.30. The molecule has 132 valence electrons. The number of rotatable bonds is 7. The molecule has 1 unspecified atom stereocenters. The Morgan fingerprint density at radius 3 is 2.48 bits per heavy atom. The molecule has 0 N–H and O–H groups in total. The van der Waals surface area contributed by atoms with Crippen molar-refractivity contribution in [3.8, 4) is 5.75 Å². The summed E-state index contributed by atoms with van der Waals surface area (Å²) in [6, 6.07) is 14.7. The van der Waals surface area contributed by atoms with E-state index < -0.39 is 5.54 Å². The lowest BCUT2D eigenvalue weighted by molar-refractivity contribution is -0.147. The van der Waals surface area contributed by atoms with Crippen LogP contribution < -0.4 is 9.64 Å². The molecule has 1 atom stereocenters. The van der Waals surface area contributed by atoms with Crippen molar-refractivity contribution in [3.05, 3.63) is 71.8 Å². The molecule has 0 fully saturated rings. The number of ether oxygens (including phenoxy) is 2. The Morgan fingerprint density at radius 2 is 1.92 bits per heavy atom. The Kier molecular flexibility index (Phi) is 6.10. The molecule has 5 heteroatoms. The molecule has 0 radical (unpaired) electrons. The molecule has 2 aromatic rings. The summed E-state index contributed by atoms with van der Waals surface area (Å²) in [6.07, 6.45) is 2.08. The fourth-order valence-corrected chi connectivity index (χ4v) is 3.06. The summed E-state index contributed by atoms with van der Waals surface area (Å²) in [6.45, 7) is 3.83. The monoisotopic (exact) mass is 359 g/mol. The lowest BCUT2D eigenvalue weighted by Crippen LogP contribution is -2.51. The van der Waals surface area contributed by atoms with Crippen molar-refractivity contribution in [2.45, 2.75) is 12.0 Å². The summed E-state index contributed by atoms with van der Waals surface area (Å²) in [5, 5.41) is 0.630. The van der Waals surface area contributed by atoms with Gasteiger partial charge in [-0.2, -0.15) is 0 Å². The number of nitrogens with zero attached hydrogens (tertiary/aromatic N) is 1. The number of carbonyl (C=O) groups is 1. The molecule has 25 heavy (non-hydrogen) atoms. The van der Waals surface area contributed by atoms with Crippen molar-refractivity contribution in [1.82, 2.24) is 0 Å². The van der Waals surface area contributed by atoms with E-state index in [-0.39, 0.29) is 5.97 Å². The second-order valence-electron chi connectivity index (χ2n) is 5.61. The van der Waals surface area contributed by atoms with Crippen LogP contribution >= 0.6 is 11.6 Å². The topological polar surface area (TPSA) is 38.8 Å². The van der Waals surface area contributed by atoms with Crippen molar-refractivity contribution in [3.63, 3.8) is 0 Å². The first kappa shape index (κ1) is 18.9. The van der Waals surface area contributed by atoms with E-state index in [9.17, 15) is 4.79 Å². The minimum absolute atomic E-state index is 0.367. The molecular weight excluding hydrogens is 338 g/mol. The molecular formula is C20H22ClNO3. The fraction of sp³-hybridized carbons (Fsp3) is 0.250. The molecule has 0 aromatic heterocycles. The smallest absolute Gasteiger partial charge is 0.336 e. The van der Waals surface area contributed by atoms with E-state index in [4.69, 9.17) is 21.1 Å². The molecule has 0 aliphatic rings. The lowest BCUT2D eigenvalue weighted by atomic mass is 9.84. The first-order valence-electron chi connectivity index (χ1n) is 7.83. The number of halogens is 1. The number of benzene rings is 2. The van der Waals surface area contributed by atoms with E-state index in [1.165, 1.54) is 7.11 Å².